The molecular formula is C16H21FO. The molecule has 0 radical (unpaired) electrons. The zero-order valence-corrected chi connectivity index (χ0v) is 10.9. The Bertz CT molecular complexity index is 443. The maximum atomic E-state index is 13.2. The van der Waals surface area contributed by atoms with Crippen LogP contribution in [-0.2, 0) is 6.42 Å². The van der Waals surface area contributed by atoms with Crippen LogP contribution in [0.3, 0.4) is 0 Å². The van der Waals surface area contributed by atoms with Crippen molar-refractivity contribution in [3.63, 3.8) is 0 Å². The molecule has 2 aliphatic carbocycles. The second-order valence-corrected chi connectivity index (χ2v) is 6.18. The fourth-order valence-corrected chi connectivity index (χ4v) is 4.00. The third kappa shape index (κ3) is 2.18. The van der Waals surface area contributed by atoms with Crippen LogP contribution in [-0.4, -0.2) is 11.2 Å². The summed E-state index contributed by atoms with van der Waals surface area (Å²) in [7, 11) is 0. The quantitative estimate of drug-likeness (QED) is 0.868. The number of aryl methyl sites for hydroxylation is 1. The van der Waals surface area contributed by atoms with Gasteiger partial charge in [-0.1, -0.05) is 12.5 Å². The summed E-state index contributed by atoms with van der Waals surface area (Å²) in [5.41, 5.74) is 2.05. The fourth-order valence-electron chi connectivity index (χ4n) is 4.00. The van der Waals surface area contributed by atoms with Crippen LogP contribution in [0.4, 0.5) is 4.39 Å². The molecule has 1 aromatic carbocycles. The number of halogens is 1. The lowest BCUT2D eigenvalue weighted by Gasteiger charge is -2.27. The van der Waals surface area contributed by atoms with Gasteiger partial charge in [-0.3, -0.25) is 0 Å². The van der Waals surface area contributed by atoms with E-state index >= 15 is 0 Å². The predicted molar refractivity (Wildman–Crippen MR) is 69.8 cm³/mol. The number of aliphatic hydroxyl groups excluding tert-OH is 1. The number of hydrogen-bond donors (Lipinski definition) is 1. The Kier molecular flexibility index (Phi) is 3.14. The van der Waals surface area contributed by atoms with Crippen LogP contribution in [0.15, 0.2) is 18.2 Å². The van der Waals surface area contributed by atoms with Crippen molar-refractivity contribution in [2.45, 2.75) is 45.1 Å². The van der Waals surface area contributed by atoms with Gasteiger partial charge in [-0.25, -0.2) is 4.39 Å². The minimum atomic E-state index is -0.291. The molecule has 2 fully saturated rings. The van der Waals surface area contributed by atoms with E-state index in [9.17, 15) is 9.50 Å². The highest BCUT2D eigenvalue weighted by Crippen LogP contribution is 2.49. The molecule has 2 heteroatoms. The molecule has 2 saturated carbocycles. The summed E-state index contributed by atoms with van der Waals surface area (Å²) in [6.07, 6.45) is 5.45. The van der Waals surface area contributed by atoms with Gasteiger partial charge in [0.15, 0.2) is 0 Å². The van der Waals surface area contributed by atoms with E-state index in [4.69, 9.17) is 0 Å². The van der Waals surface area contributed by atoms with Gasteiger partial charge in [0.2, 0.25) is 0 Å². The monoisotopic (exact) mass is 248 g/mol. The highest BCUT2D eigenvalue weighted by atomic mass is 19.1. The minimum Gasteiger partial charge on any atom is -0.392 e. The summed E-state index contributed by atoms with van der Waals surface area (Å²) >= 11 is 0. The molecule has 18 heavy (non-hydrogen) atoms. The molecule has 4 unspecified atom stereocenters. The van der Waals surface area contributed by atoms with Crippen molar-refractivity contribution in [2.24, 2.45) is 17.8 Å². The first-order valence-corrected chi connectivity index (χ1v) is 7.06. The number of fused-ring (bicyclic) bond motifs is 2. The summed E-state index contributed by atoms with van der Waals surface area (Å²) in [4.78, 5) is 0. The van der Waals surface area contributed by atoms with Crippen molar-refractivity contribution in [1.82, 2.24) is 0 Å². The Labute approximate surface area is 108 Å². The minimum absolute atomic E-state index is 0.198. The molecule has 0 saturated heterocycles. The van der Waals surface area contributed by atoms with Crippen LogP contribution in [0, 0.1) is 30.5 Å². The maximum absolute atomic E-state index is 13.2. The van der Waals surface area contributed by atoms with Gasteiger partial charge >= 0.3 is 0 Å². The van der Waals surface area contributed by atoms with Gasteiger partial charge in [-0.15, -0.1) is 0 Å². The summed E-state index contributed by atoms with van der Waals surface area (Å²) in [5.74, 6) is 1.82. The number of benzene rings is 1. The van der Waals surface area contributed by atoms with E-state index in [0.29, 0.717) is 12.3 Å². The van der Waals surface area contributed by atoms with E-state index in [1.165, 1.54) is 31.7 Å². The lowest BCUT2D eigenvalue weighted by atomic mass is 9.82. The van der Waals surface area contributed by atoms with Gasteiger partial charge in [0.25, 0.3) is 0 Å². The van der Waals surface area contributed by atoms with E-state index in [2.05, 4.69) is 0 Å². The Morgan fingerprint density at radius 2 is 2.17 bits per heavy atom. The topological polar surface area (TPSA) is 20.2 Å². The normalized spacial score (nSPS) is 31.8. The zero-order valence-electron chi connectivity index (χ0n) is 10.9. The van der Waals surface area contributed by atoms with Crippen LogP contribution in [0.2, 0.25) is 0 Å². The lowest BCUT2D eigenvalue weighted by molar-refractivity contribution is 0.0749. The molecule has 0 heterocycles. The molecule has 1 N–H and O–H groups in total. The molecule has 0 amide bonds. The molecule has 0 spiro atoms. The molecule has 3 rings (SSSR count). The van der Waals surface area contributed by atoms with Crippen molar-refractivity contribution < 1.29 is 9.50 Å². The van der Waals surface area contributed by atoms with Gasteiger partial charge in [0.05, 0.1) is 6.10 Å². The van der Waals surface area contributed by atoms with Gasteiger partial charge in [-0.2, -0.15) is 0 Å². The van der Waals surface area contributed by atoms with Gasteiger partial charge in [0.1, 0.15) is 5.82 Å². The number of hydrogen-bond acceptors (Lipinski definition) is 1. The van der Waals surface area contributed by atoms with E-state index in [-0.39, 0.29) is 11.9 Å². The molecule has 0 aromatic heterocycles. The summed E-state index contributed by atoms with van der Waals surface area (Å²) < 4.78 is 13.2. The molecule has 1 aromatic rings. The van der Waals surface area contributed by atoms with E-state index < -0.39 is 0 Å². The second kappa shape index (κ2) is 4.65. The first-order valence-electron chi connectivity index (χ1n) is 7.06. The van der Waals surface area contributed by atoms with Crippen molar-refractivity contribution in [3.8, 4) is 0 Å². The largest absolute Gasteiger partial charge is 0.392 e. The SMILES string of the molecule is Cc1ccc(F)cc1CC(O)C1CC2CCC1C2. The van der Waals surface area contributed by atoms with E-state index in [1.54, 1.807) is 12.1 Å². The van der Waals surface area contributed by atoms with Gasteiger partial charge in [0, 0.05) is 0 Å². The standard InChI is InChI=1S/C16H21FO/c1-10-2-5-14(17)8-13(10)9-16(18)15-7-11-3-4-12(15)6-11/h2,5,8,11-12,15-16,18H,3-4,6-7,9H2,1H3. The first-order chi connectivity index (χ1) is 8.63. The van der Waals surface area contributed by atoms with Crippen molar-refractivity contribution in [3.05, 3.63) is 35.1 Å². The zero-order chi connectivity index (χ0) is 12.7. The van der Waals surface area contributed by atoms with Crippen LogP contribution in [0.5, 0.6) is 0 Å². The van der Waals surface area contributed by atoms with Gasteiger partial charge in [-0.05, 0) is 73.6 Å². The molecule has 2 bridgehead atoms. The van der Waals surface area contributed by atoms with Crippen molar-refractivity contribution >= 4 is 0 Å². The fraction of sp³-hybridized carbons (Fsp3) is 0.625. The summed E-state index contributed by atoms with van der Waals surface area (Å²) in [6.45, 7) is 1.99. The van der Waals surface area contributed by atoms with E-state index in [0.717, 1.165) is 23.0 Å². The Morgan fingerprint density at radius 3 is 2.83 bits per heavy atom. The van der Waals surface area contributed by atoms with Crippen LogP contribution < -0.4 is 0 Å². The Hall–Kier alpha value is -0.890. The Balaban J connectivity index is 1.70. The average Bonchev–Trinajstić information content (AvgIpc) is 2.96. The van der Waals surface area contributed by atoms with Gasteiger partial charge < -0.3 is 5.11 Å². The lowest BCUT2D eigenvalue weighted by Crippen LogP contribution is -2.27. The maximum Gasteiger partial charge on any atom is 0.123 e. The molecule has 1 nitrogen and oxygen atoms in total. The van der Waals surface area contributed by atoms with E-state index in [1.807, 2.05) is 6.92 Å². The van der Waals surface area contributed by atoms with Crippen LogP contribution in [0.25, 0.3) is 0 Å². The van der Waals surface area contributed by atoms with Crippen molar-refractivity contribution in [2.75, 3.05) is 0 Å². The van der Waals surface area contributed by atoms with Crippen LogP contribution >= 0.6 is 0 Å². The highest BCUT2D eigenvalue weighted by molar-refractivity contribution is 5.27. The van der Waals surface area contributed by atoms with Crippen LogP contribution in [0.1, 0.15) is 36.8 Å². The highest BCUT2D eigenvalue weighted by Gasteiger charge is 2.42. The third-order valence-corrected chi connectivity index (χ3v) is 5.03. The average molecular weight is 248 g/mol. The number of rotatable bonds is 3. The smallest absolute Gasteiger partial charge is 0.123 e. The number of aliphatic hydroxyl groups is 1. The molecule has 4 atom stereocenters. The molecular weight excluding hydrogens is 227 g/mol. The third-order valence-electron chi connectivity index (χ3n) is 5.03. The second-order valence-electron chi connectivity index (χ2n) is 6.18. The van der Waals surface area contributed by atoms with Crippen molar-refractivity contribution in [1.29, 1.82) is 0 Å². The summed E-state index contributed by atoms with van der Waals surface area (Å²) in [6, 6.07) is 4.87. The Morgan fingerprint density at radius 1 is 1.33 bits per heavy atom. The molecule has 98 valence electrons. The molecule has 2 aliphatic rings. The predicted octanol–water partition coefficient (Wildman–Crippen LogP) is 3.47. The first kappa shape index (κ1) is 12.2. The molecule has 0 aliphatic heterocycles. The summed E-state index contributed by atoms with van der Waals surface area (Å²) in [5, 5.41) is 10.4.